The number of aromatic nitrogens is 1. The van der Waals surface area contributed by atoms with Crippen LogP contribution in [0.2, 0.25) is 0 Å². The highest BCUT2D eigenvalue weighted by Crippen LogP contribution is 2.31. The van der Waals surface area contributed by atoms with Gasteiger partial charge in [0, 0.05) is 23.2 Å². The predicted molar refractivity (Wildman–Crippen MR) is 131 cm³/mol. The summed E-state index contributed by atoms with van der Waals surface area (Å²) in [5.74, 6) is 0.154. The van der Waals surface area contributed by atoms with E-state index in [2.05, 4.69) is 40.7 Å². The van der Waals surface area contributed by atoms with Crippen LogP contribution in [-0.2, 0) is 9.59 Å². The average molecular weight is 451 g/mol. The quantitative estimate of drug-likeness (QED) is 0.582. The number of nitrogens with zero attached hydrogens (tertiary/aromatic N) is 2. The number of nitrogens with one attached hydrogen (secondary N) is 2. The van der Waals surface area contributed by atoms with E-state index in [-0.39, 0.29) is 23.8 Å². The van der Waals surface area contributed by atoms with Crippen LogP contribution in [0.1, 0.15) is 32.3 Å². The SMILES string of the molecule is Cc1ccc2nc(-c3ccc(NC(=O)CN4CCC(C(=O)NC(C)C)CC4)cc3)sc2c1. The van der Waals surface area contributed by atoms with E-state index < -0.39 is 0 Å². The molecule has 0 unspecified atom stereocenters. The van der Waals surface area contributed by atoms with Gasteiger partial charge in [0.05, 0.1) is 16.8 Å². The van der Waals surface area contributed by atoms with E-state index in [9.17, 15) is 9.59 Å². The third-order valence-corrected chi connectivity index (χ3v) is 6.78. The zero-order valence-corrected chi connectivity index (χ0v) is 19.7. The van der Waals surface area contributed by atoms with Crippen LogP contribution >= 0.6 is 11.3 Å². The maximum Gasteiger partial charge on any atom is 0.238 e. The van der Waals surface area contributed by atoms with Gasteiger partial charge in [-0.15, -0.1) is 11.3 Å². The molecule has 2 heterocycles. The number of carbonyl (C=O) groups excluding carboxylic acids is 2. The van der Waals surface area contributed by atoms with Crippen molar-refractivity contribution in [3.8, 4) is 10.6 Å². The van der Waals surface area contributed by atoms with Gasteiger partial charge in [-0.1, -0.05) is 6.07 Å². The van der Waals surface area contributed by atoms with Gasteiger partial charge in [-0.25, -0.2) is 4.98 Å². The van der Waals surface area contributed by atoms with E-state index in [0.29, 0.717) is 6.54 Å². The number of aryl methyl sites for hydroxylation is 1. The molecular formula is C25H30N4O2S. The topological polar surface area (TPSA) is 74.3 Å². The lowest BCUT2D eigenvalue weighted by molar-refractivity contribution is -0.127. The summed E-state index contributed by atoms with van der Waals surface area (Å²) in [6.45, 7) is 7.91. The van der Waals surface area contributed by atoms with Crippen molar-refractivity contribution in [1.29, 1.82) is 0 Å². The normalized spacial score (nSPS) is 15.2. The van der Waals surface area contributed by atoms with E-state index >= 15 is 0 Å². The molecular weight excluding hydrogens is 420 g/mol. The first-order chi connectivity index (χ1) is 15.4. The van der Waals surface area contributed by atoms with E-state index in [1.54, 1.807) is 11.3 Å². The highest BCUT2D eigenvalue weighted by atomic mass is 32.1. The Morgan fingerprint density at radius 2 is 1.84 bits per heavy atom. The Hall–Kier alpha value is -2.77. The van der Waals surface area contributed by atoms with Gasteiger partial charge < -0.3 is 10.6 Å². The number of amides is 2. The number of hydrogen-bond donors (Lipinski definition) is 2. The lowest BCUT2D eigenvalue weighted by Crippen LogP contribution is -2.44. The maximum atomic E-state index is 12.5. The molecule has 0 spiro atoms. The second-order valence-electron chi connectivity index (χ2n) is 8.83. The highest BCUT2D eigenvalue weighted by Gasteiger charge is 2.26. The van der Waals surface area contributed by atoms with Crippen molar-refractivity contribution in [2.45, 2.75) is 39.7 Å². The third-order valence-electron chi connectivity index (χ3n) is 5.72. The number of hydrogen-bond acceptors (Lipinski definition) is 5. The minimum Gasteiger partial charge on any atom is -0.354 e. The number of thiazole rings is 1. The molecule has 2 N–H and O–H groups in total. The number of rotatable bonds is 6. The van der Waals surface area contributed by atoms with Crippen LogP contribution in [0.3, 0.4) is 0 Å². The molecule has 2 amide bonds. The van der Waals surface area contributed by atoms with Crippen LogP contribution in [0.15, 0.2) is 42.5 Å². The smallest absolute Gasteiger partial charge is 0.238 e. The zero-order chi connectivity index (χ0) is 22.7. The molecule has 1 aromatic heterocycles. The fourth-order valence-corrected chi connectivity index (χ4v) is 5.08. The first-order valence-corrected chi connectivity index (χ1v) is 12.0. The van der Waals surface area contributed by atoms with Crippen molar-refractivity contribution >= 4 is 39.1 Å². The van der Waals surface area contributed by atoms with Crippen LogP contribution in [0.5, 0.6) is 0 Å². The number of anilines is 1. The van der Waals surface area contributed by atoms with Crippen molar-refractivity contribution in [1.82, 2.24) is 15.2 Å². The number of carbonyl (C=O) groups is 2. The van der Waals surface area contributed by atoms with E-state index in [1.807, 2.05) is 38.1 Å². The maximum absolute atomic E-state index is 12.5. The lowest BCUT2D eigenvalue weighted by atomic mass is 9.95. The van der Waals surface area contributed by atoms with Gasteiger partial charge >= 0.3 is 0 Å². The predicted octanol–water partition coefficient (Wildman–Crippen LogP) is 4.45. The fourth-order valence-electron chi connectivity index (χ4n) is 4.01. The molecule has 32 heavy (non-hydrogen) atoms. The van der Waals surface area contributed by atoms with Gasteiger partial charge in [-0.05, 0) is 88.7 Å². The van der Waals surface area contributed by atoms with Gasteiger partial charge in [-0.2, -0.15) is 0 Å². The summed E-state index contributed by atoms with van der Waals surface area (Å²) in [6, 6.07) is 14.3. The molecule has 3 aromatic rings. The number of benzene rings is 2. The van der Waals surface area contributed by atoms with Crippen molar-refractivity contribution in [3.63, 3.8) is 0 Å². The molecule has 0 saturated carbocycles. The van der Waals surface area contributed by atoms with Gasteiger partial charge in [-0.3, -0.25) is 14.5 Å². The van der Waals surface area contributed by atoms with Gasteiger partial charge in [0.2, 0.25) is 11.8 Å². The number of piperidine rings is 1. The van der Waals surface area contributed by atoms with Crippen molar-refractivity contribution < 1.29 is 9.59 Å². The molecule has 6 nitrogen and oxygen atoms in total. The number of fused-ring (bicyclic) bond motifs is 1. The largest absolute Gasteiger partial charge is 0.354 e. The van der Waals surface area contributed by atoms with Gasteiger partial charge in [0.15, 0.2) is 0 Å². The summed E-state index contributed by atoms with van der Waals surface area (Å²) in [6.07, 6.45) is 1.59. The molecule has 168 valence electrons. The summed E-state index contributed by atoms with van der Waals surface area (Å²) in [5.41, 5.74) is 4.07. The monoisotopic (exact) mass is 450 g/mol. The molecule has 0 aliphatic carbocycles. The Morgan fingerprint density at radius 3 is 2.53 bits per heavy atom. The van der Waals surface area contributed by atoms with Gasteiger partial charge in [0.1, 0.15) is 5.01 Å². The first-order valence-electron chi connectivity index (χ1n) is 11.2. The molecule has 1 aliphatic rings. The first kappa shape index (κ1) is 22.4. The summed E-state index contributed by atoms with van der Waals surface area (Å²) < 4.78 is 1.18. The lowest BCUT2D eigenvalue weighted by Gasteiger charge is -2.31. The third kappa shape index (κ3) is 5.53. The van der Waals surface area contributed by atoms with E-state index in [4.69, 9.17) is 4.98 Å². The molecule has 2 aromatic carbocycles. The van der Waals surface area contributed by atoms with Crippen molar-refractivity contribution in [2.75, 3.05) is 25.0 Å². The molecule has 1 saturated heterocycles. The second-order valence-corrected chi connectivity index (χ2v) is 9.86. The molecule has 4 rings (SSSR count). The number of likely N-dealkylation sites (tertiary alicyclic amines) is 1. The summed E-state index contributed by atoms with van der Waals surface area (Å²) in [4.78, 5) is 31.5. The Labute approximate surface area is 193 Å². The second kappa shape index (κ2) is 9.79. The molecule has 1 fully saturated rings. The molecule has 0 radical (unpaired) electrons. The Balaban J connectivity index is 1.29. The van der Waals surface area contributed by atoms with Crippen LogP contribution < -0.4 is 10.6 Å². The van der Waals surface area contributed by atoms with Gasteiger partial charge in [0.25, 0.3) is 0 Å². The molecule has 1 aliphatic heterocycles. The Morgan fingerprint density at radius 1 is 1.12 bits per heavy atom. The highest BCUT2D eigenvalue weighted by molar-refractivity contribution is 7.21. The summed E-state index contributed by atoms with van der Waals surface area (Å²) in [5, 5.41) is 6.95. The molecule has 7 heteroatoms. The molecule has 0 atom stereocenters. The van der Waals surface area contributed by atoms with E-state index in [0.717, 1.165) is 47.7 Å². The van der Waals surface area contributed by atoms with Crippen LogP contribution in [-0.4, -0.2) is 47.4 Å². The summed E-state index contributed by atoms with van der Waals surface area (Å²) in [7, 11) is 0. The Kier molecular flexibility index (Phi) is 6.86. The zero-order valence-electron chi connectivity index (χ0n) is 18.9. The minimum absolute atomic E-state index is 0.0294. The standard InChI is InChI=1S/C25H30N4O2S/c1-16(2)26-24(31)18-10-12-29(13-11-18)15-23(30)27-20-7-5-19(6-8-20)25-28-21-9-4-17(3)14-22(21)32-25/h4-9,14,16,18H,10-13,15H2,1-3H3,(H,26,31)(H,27,30). The van der Waals surface area contributed by atoms with Crippen molar-refractivity contribution in [3.05, 3.63) is 48.0 Å². The van der Waals surface area contributed by atoms with Crippen LogP contribution in [0.4, 0.5) is 5.69 Å². The fraction of sp³-hybridized carbons (Fsp3) is 0.400. The molecule has 0 bridgehead atoms. The average Bonchev–Trinajstić information content (AvgIpc) is 3.17. The van der Waals surface area contributed by atoms with Crippen LogP contribution in [0, 0.1) is 12.8 Å². The Bertz CT molecular complexity index is 1100. The van der Waals surface area contributed by atoms with Crippen LogP contribution in [0.25, 0.3) is 20.8 Å². The van der Waals surface area contributed by atoms with E-state index in [1.165, 1.54) is 10.3 Å². The minimum atomic E-state index is -0.0294. The summed E-state index contributed by atoms with van der Waals surface area (Å²) >= 11 is 1.68. The van der Waals surface area contributed by atoms with Crippen molar-refractivity contribution in [2.24, 2.45) is 5.92 Å².